The Morgan fingerprint density at radius 2 is 1.88 bits per heavy atom. The lowest BCUT2D eigenvalue weighted by Gasteiger charge is -2.30. The van der Waals surface area contributed by atoms with E-state index in [-0.39, 0.29) is 23.6 Å². The molecule has 1 aliphatic rings. The monoisotopic (exact) mass is 567 g/mol. The number of ether oxygens (including phenoxy) is 3. The molecule has 1 aliphatic heterocycles. The Morgan fingerprint density at radius 3 is 2.54 bits per heavy atom. The summed E-state index contributed by atoms with van der Waals surface area (Å²) in [5, 5.41) is 7.41. The van der Waals surface area contributed by atoms with Gasteiger partial charge in [-0.15, -0.1) is 0 Å². The van der Waals surface area contributed by atoms with Crippen molar-refractivity contribution >= 4 is 23.6 Å². The van der Waals surface area contributed by atoms with Gasteiger partial charge in [0.2, 0.25) is 0 Å². The first-order chi connectivity index (χ1) is 19.4. The maximum atomic E-state index is 13.7. The maximum absolute atomic E-state index is 13.7. The molecule has 2 aromatic carbocycles. The van der Waals surface area contributed by atoms with E-state index >= 15 is 0 Å². The normalized spacial score (nSPS) is 12.9. The molecular weight excluding hydrogens is 533 g/mol. The van der Waals surface area contributed by atoms with Gasteiger partial charge in [0.25, 0.3) is 11.8 Å². The number of aryl methyl sites for hydroxylation is 1. The van der Waals surface area contributed by atoms with Gasteiger partial charge >= 0.3 is 6.09 Å². The van der Waals surface area contributed by atoms with Crippen molar-refractivity contribution in [3.63, 3.8) is 0 Å². The number of nitrogens with one attached hydrogen (secondary N) is 1. The van der Waals surface area contributed by atoms with Gasteiger partial charge in [0.1, 0.15) is 34.3 Å². The van der Waals surface area contributed by atoms with E-state index in [1.807, 2.05) is 6.92 Å². The molecule has 4 rings (SSSR count). The highest BCUT2D eigenvalue weighted by atomic mass is 19.1. The molecule has 0 spiro atoms. The van der Waals surface area contributed by atoms with Gasteiger partial charge in [0.15, 0.2) is 5.69 Å². The average molecular weight is 568 g/mol. The smallest absolute Gasteiger partial charge is 0.414 e. The van der Waals surface area contributed by atoms with Crippen LogP contribution in [0.4, 0.5) is 14.9 Å². The molecule has 0 bridgehead atoms. The van der Waals surface area contributed by atoms with Crippen molar-refractivity contribution in [1.82, 2.24) is 15.1 Å². The zero-order chi connectivity index (χ0) is 29.9. The summed E-state index contributed by atoms with van der Waals surface area (Å²) in [6.07, 6.45) is 0.583. The molecule has 3 N–H and O–H groups in total. The molecule has 2 heterocycles. The van der Waals surface area contributed by atoms with Crippen LogP contribution in [0, 0.1) is 5.82 Å². The second-order valence-corrected chi connectivity index (χ2v) is 10.4. The molecule has 0 fully saturated rings. The summed E-state index contributed by atoms with van der Waals surface area (Å²) in [7, 11) is 1.40. The van der Waals surface area contributed by atoms with E-state index in [1.54, 1.807) is 39.0 Å². The van der Waals surface area contributed by atoms with E-state index in [2.05, 4.69) is 10.4 Å². The van der Waals surface area contributed by atoms with Gasteiger partial charge in [0.05, 0.1) is 25.0 Å². The number of nitrogens with two attached hydrogens (primary N) is 1. The van der Waals surface area contributed by atoms with Crippen LogP contribution in [0.15, 0.2) is 36.4 Å². The molecule has 0 radical (unpaired) electrons. The molecule has 218 valence electrons. The highest BCUT2D eigenvalue weighted by molar-refractivity contribution is 6.03. The van der Waals surface area contributed by atoms with Crippen molar-refractivity contribution in [3.8, 4) is 17.2 Å². The number of hydrogen-bond acceptors (Lipinski definition) is 7. The van der Waals surface area contributed by atoms with Crippen molar-refractivity contribution in [2.75, 3.05) is 25.2 Å². The Bertz CT molecular complexity index is 1480. The number of benzene rings is 2. The number of rotatable bonds is 8. The topological polar surface area (TPSA) is 138 Å². The predicted octanol–water partition coefficient (Wildman–Crippen LogP) is 4.14. The summed E-state index contributed by atoms with van der Waals surface area (Å²) in [6.45, 7) is 7.86. The van der Waals surface area contributed by atoms with Gasteiger partial charge in [0, 0.05) is 13.1 Å². The van der Waals surface area contributed by atoms with Gasteiger partial charge in [-0.3, -0.25) is 14.5 Å². The van der Waals surface area contributed by atoms with Crippen LogP contribution in [-0.4, -0.2) is 53.6 Å². The first-order valence-electron chi connectivity index (χ1n) is 13.2. The number of fused-ring (bicyclic) bond motifs is 1. The SMILES string of the molecule is CCOc1cc(CNC(=O)c2cc(F)ccc2OC)ccc1-n1nc2c(c1C(N)=O)N(C(=O)OC(C)(C)C)CCC2. The number of aromatic nitrogens is 2. The van der Waals surface area contributed by atoms with Gasteiger partial charge < -0.3 is 25.3 Å². The summed E-state index contributed by atoms with van der Waals surface area (Å²) >= 11 is 0. The van der Waals surface area contributed by atoms with Crippen LogP contribution < -0.4 is 25.4 Å². The lowest BCUT2D eigenvalue weighted by molar-refractivity contribution is 0.0577. The van der Waals surface area contributed by atoms with Crippen molar-refractivity contribution in [3.05, 3.63) is 64.7 Å². The van der Waals surface area contributed by atoms with Crippen LogP contribution in [0.1, 0.15) is 66.2 Å². The number of amides is 3. The van der Waals surface area contributed by atoms with E-state index in [0.29, 0.717) is 54.4 Å². The van der Waals surface area contributed by atoms with E-state index < -0.39 is 29.3 Å². The van der Waals surface area contributed by atoms with Gasteiger partial charge in [-0.05, 0) is 76.4 Å². The molecule has 1 aromatic heterocycles. The lowest BCUT2D eigenvalue weighted by atomic mass is 10.1. The molecule has 11 nitrogen and oxygen atoms in total. The van der Waals surface area contributed by atoms with Crippen LogP contribution in [-0.2, 0) is 17.7 Å². The largest absolute Gasteiger partial charge is 0.496 e. The summed E-state index contributed by atoms with van der Waals surface area (Å²) in [4.78, 5) is 39.9. The molecular formula is C29H34FN5O6. The molecule has 0 aliphatic carbocycles. The second-order valence-electron chi connectivity index (χ2n) is 10.4. The molecule has 3 aromatic rings. The highest BCUT2D eigenvalue weighted by Crippen LogP contribution is 2.36. The minimum atomic E-state index is -0.767. The number of carbonyl (C=O) groups excluding carboxylic acids is 3. The fraction of sp³-hybridized carbons (Fsp3) is 0.379. The highest BCUT2D eigenvalue weighted by Gasteiger charge is 2.35. The Balaban J connectivity index is 1.68. The maximum Gasteiger partial charge on any atom is 0.414 e. The molecule has 3 amide bonds. The first kappa shape index (κ1) is 29.4. The lowest BCUT2D eigenvalue weighted by Crippen LogP contribution is -2.40. The van der Waals surface area contributed by atoms with E-state index in [0.717, 1.165) is 6.07 Å². The zero-order valence-corrected chi connectivity index (χ0v) is 23.7. The number of hydrogen-bond donors (Lipinski definition) is 2. The number of nitrogens with zero attached hydrogens (tertiary/aromatic N) is 3. The fourth-order valence-electron chi connectivity index (χ4n) is 4.57. The quantitative estimate of drug-likeness (QED) is 0.417. The van der Waals surface area contributed by atoms with Crippen LogP contribution in [0.3, 0.4) is 0 Å². The van der Waals surface area contributed by atoms with E-state index in [9.17, 15) is 18.8 Å². The summed E-state index contributed by atoms with van der Waals surface area (Å²) < 4.78 is 31.8. The molecule has 12 heteroatoms. The number of halogens is 1. The Hall–Kier alpha value is -4.61. The number of methoxy groups -OCH3 is 1. The number of anilines is 1. The van der Waals surface area contributed by atoms with Gasteiger partial charge in [-0.1, -0.05) is 6.07 Å². The van der Waals surface area contributed by atoms with Crippen LogP contribution in [0.25, 0.3) is 5.69 Å². The zero-order valence-electron chi connectivity index (χ0n) is 23.7. The van der Waals surface area contributed by atoms with Crippen LogP contribution in [0.5, 0.6) is 11.5 Å². The van der Waals surface area contributed by atoms with Crippen LogP contribution >= 0.6 is 0 Å². The van der Waals surface area contributed by atoms with Gasteiger partial charge in [-0.25, -0.2) is 13.9 Å². The molecule has 0 atom stereocenters. The van der Waals surface area contributed by atoms with Crippen molar-refractivity contribution in [2.45, 2.75) is 52.7 Å². The van der Waals surface area contributed by atoms with Crippen molar-refractivity contribution in [2.24, 2.45) is 5.73 Å². The number of primary amides is 1. The molecule has 0 unspecified atom stereocenters. The standard InChI is InChI=1S/C29H34FN5O6/c1-6-40-23-14-17(16-32-27(37)19-15-18(30)10-12-22(19)39-5)9-11-21(23)35-25(26(31)36)24-20(33-35)8-7-13-34(24)28(38)41-29(2,3)4/h9-12,14-15H,6-8,13,16H2,1-5H3,(H2,31,36)(H,32,37). The minimum Gasteiger partial charge on any atom is -0.496 e. The third-order valence-corrected chi connectivity index (χ3v) is 6.25. The van der Waals surface area contributed by atoms with Crippen molar-refractivity contribution < 1.29 is 33.0 Å². The Labute approximate surface area is 237 Å². The average Bonchev–Trinajstić information content (AvgIpc) is 3.31. The first-order valence-corrected chi connectivity index (χ1v) is 13.2. The Kier molecular flexibility index (Phi) is 8.50. The predicted molar refractivity (Wildman–Crippen MR) is 149 cm³/mol. The molecule has 41 heavy (non-hydrogen) atoms. The summed E-state index contributed by atoms with van der Waals surface area (Å²) in [6, 6.07) is 8.84. The van der Waals surface area contributed by atoms with Crippen LogP contribution in [0.2, 0.25) is 0 Å². The molecule has 0 saturated carbocycles. The van der Waals surface area contributed by atoms with E-state index in [1.165, 1.54) is 28.8 Å². The fourth-order valence-corrected chi connectivity index (χ4v) is 4.57. The second kappa shape index (κ2) is 11.9. The third-order valence-electron chi connectivity index (χ3n) is 6.25. The number of carbonyl (C=O) groups is 3. The Morgan fingerprint density at radius 1 is 1.12 bits per heavy atom. The minimum absolute atomic E-state index is 0.0331. The van der Waals surface area contributed by atoms with Crippen molar-refractivity contribution in [1.29, 1.82) is 0 Å². The van der Waals surface area contributed by atoms with Gasteiger partial charge in [-0.2, -0.15) is 5.10 Å². The summed E-state index contributed by atoms with van der Waals surface area (Å²) in [5.74, 6) is -1.21. The molecule has 0 saturated heterocycles. The third kappa shape index (κ3) is 6.42. The van der Waals surface area contributed by atoms with E-state index in [4.69, 9.17) is 19.9 Å². The summed E-state index contributed by atoms with van der Waals surface area (Å²) in [5.41, 5.74) is 7.17.